The highest BCUT2D eigenvalue weighted by Crippen LogP contribution is 2.01. The van der Waals surface area contributed by atoms with Gasteiger partial charge in [-0.1, -0.05) is 6.92 Å². The molecule has 0 heterocycles. The standard InChI is InChI=1S/C10H12FNO/c1-2-7-12-10(13)8-3-5-9(11)6-4-8/h3-6H,2,7H2,1H3,(H,12,13). The molecule has 0 fully saturated rings. The lowest BCUT2D eigenvalue weighted by Gasteiger charge is -2.02. The van der Waals surface area contributed by atoms with Gasteiger partial charge in [-0.3, -0.25) is 4.79 Å². The molecule has 0 aliphatic carbocycles. The van der Waals surface area contributed by atoms with Crippen molar-refractivity contribution in [1.82, 2.24) is 5.32 Å². The summed E-state index contributed by atoms with van der Waals surface area (Å²) >= 11 is 0. The molecule has 0 spiro atoms. The minimum absolute atomic E-state index is 0.151. The van der Waals surface area contributed by atoms with E-state index in [0.29, 0.717) is 12.1 Å². The van der Waals surface area contributed by atoms with Crippen molar-refractivity contribution in [3.63, 3.8) is 0 Å². The second kappa shape index (κ2) is 4.60. The van der Waals surface area contributed by atoms with E-state index in [9.17, 15) is 9.18 Å². The zero-order chi connectivity index (χ0) is 9.68. The molecule has 1 N–H and O–H groups in total. The Hall–Kier alpha value is -1.38. The molecule has 13 heavy (non-hydrogen) atoms. The number of hydrogen-bond donors (Lipinski definition) is 1. The van der Waals surface area contributed by atoms with Gasteiger partial charge in [-0.25, -0.2) is 4.39 Å². The van der Waals surface area contributed by atoms with Crippen LogP contribution in [0.3, 0.4) is 0 Å². The average molecular weight is 181 g/mol. The molecule has 0 aliphatic heterocycles. The quantitative estimate of drug-likeness (QED) is 0.758. The summed E-state index contributed by atoms with van der Waals surface area (Å²) in [6, 6.07) is 5.50. The van der Waals surface area contributed by atoms with Gasteiger partial charge in [-0.05, 0) is 30.7 Å². The fourth-order valence-corrected chi connectivity index (χ4v) is 0.942. The van der Waals surface area contributed by atoms with Crippen LogP contribution >= 0.6 is 0 Å². The molecule has 0 aromatic heterocycles. The van der Waals surface area contributed by atoms with Crippen molar-refractivity contribution in [1.29, 1.82) is 0 Å². The van der Waals surface area contributed by atoms with Gasteiger partial charge >= 0.3 is 0 Å². The Morgan fingerprint density at radius 2 is 2.00 bits per heavy atom. The lowest BCUT2D eigenvalue weighted by Crippen LogP contribution is -2.23. The molecule has 0 saturated carbocycles. The van der Waals surface area contributed by atoms with Crippen molar-refractivity contribution < 1.29 is 9.18 Å². The Labute approximate surface area is 76.8 Å². The van der Waals surface area contributed by atoms with Crippen LogP contribution in [0.15, 0.2) is 24.3 Å². The average Bonchev–Trinajstić information content (AvgIpc) is 2.15. The van der Waals surface area contributed by atoms with Crippen molar-refractivity contribution in [2.45, 2.75) is 13.3 Å². The van der Waals surface area contributed by atoms with Gasteiger partial charge < -0.3 is 5.32 Å². The summed E-state index contributed by atoms with van der Waals surface area (Å²) in [5.41, 5.74) is 0.495. The van der Waals surface area contributed by atoms with Crippen LogP contribution in [0.5, 0.6) is 0 Å². The molecule has 0 unspecified atom stereocenters. The fraction of sp³-hybridized carbons (Fsp3) is 0.300. The Kier molecular flexibility index (Phi) is 3.43. The Bertz CT molecular complexity index is 281. The van der Waals surface area contributed by atoms with E-state index in [4.69, 9.17) is 0 Å². The molecule has 1 aromatic rings. The first kappa shape index (κ1) is 9.71. The lowest BCUT2D eigenvalue weighted by molar-refractivity contribution is 0.0953. The molecule has 0 saturated heterocycles. The second-order valence-corrected chi connectivity index (χ2v) is 2.76. The molecule has 3 heteroatoms. The van der Waals surface area contributed by atoms with Crippen molar-refractivity contribution in [2.24, 2.45) is 0 Å². The third-order valence-electron chi connectivity index (χ3n) is 1.64. The predicted molar refractivity (Wildman–Crippen MR) is 49.0 cm³/mol. The molecule has 0 aliphatic rings. The number of benzene rings is 1. The van der Waals surface area contributed by atoms with E-state index >= 15 is 0 Å². The van der Waals surface area contributed by atoms with Crippen LogP contribution < -0.4 is 5.32 Å². The van der Waals surface area contributed by atoms with Gasteiger partial charge in [0, 0.05) is 12.1 Å². The zero-order valence-corrected chi connectivity index (χ0v) is 7.51. The molecule has 1 amide bonds. The summed E-state index contributed by atoms with van der Waals surface area (Å²) in [5.74, 6) is -0.478. The van der Waals surface area contributed by atoms with E-state index in [-0.39, 0.29) is 11.7 Å². The van der Waals surface area contributed by atoms with Crippen molar-refractivity contribution in [3.8, 4) is 0 Å². The van der Waals surface area contributed by atoms with Crippen LogP contribution in [0.4, 0.5) is 4.39 Å². The predicted octanol–water partition coefficient (Wildman–Crippen LogP) is 1.97. The van der Waals surface area contributed by atoms with E-state index in [1.807, 2.05) is 6.92 Å². The molecule has 1 aromatic carbocycles. The first-order valence-electron chi connectivity index (χ1n) is 4.28. The van der Waals surface area contributed by atoms with E-state index < -0.39 is 0 Å². The highest BCUT2D eigenvalue weighted by Gasteiger charge is 2.02. The lowest BCUT2D eigenvalue weighted by atomic mass is 10.2. The van der Waals surface area contributed by atoms with Crippen molar-refractivity contribution >= 4 is 5.91 Å². The summed E-state index contributed by atoms with van der Waals surface area (Å²) in [7, 11) is 0. The monoisotopic (exact) mass is 181 g/mol. The molecule has 2 nitrogen and oxygen atoms in total. The summed E-state index contributed by atoms with van der Waals surface area (Å²) in [5, 5.41) is 2.71. The summed E-state index contributed by atoms with van der Waals surface area (Å²) < 4.78 is 12.5. The minimum Gasteiger partial charge on any atom is -0.352 e. The number of amides is 1. The molecule has 0 atom stereocenters. The summed E-state index contributed by atoms with van der Waals surface area (Å²) in [6.45, 7) is 2.63. The van der Waals surface area contributed by atoms with Crippen LogP contribution in [0.25, 0.3) is 0 Å². The van der Waals surface area contributed by atoms with Crippen molar-refractivity contribution in [3.05, 3.63) is 35.6 Å². The molecular weight excluding hydrogens is 169 g/mol. The molecule has 70 valence electrons. The third kappa shape index (κ3) is 2.86. The largest absolute Gasteiger partial charge is 0.352 e. The van der Waals surface area contributed by atoms with E-state index in [0.717, 1.165) is 6.42 Å². The minimum atomic E-state index is -0.327. The maximum absolute atomic E-state index is 12.5. The molecule has 0 radical (unpaired) electrons. The van der Waals surface area contributed by atoms with Crippen LogP contribution in [-0.4, -0.2) is 12.5 Å². The number of carbonyl (C=O) groups excluding carboxylic acids is 1. The zero-order valence-electron chi connectivity index (χ0n) is 7.51. The number of carbonyl (C=O) groups is 1. The maximum atomic E-state index is 12.5. The Morgan fingerprint density at radius 1 is 1.38 bits per heavy atom. The first-order valence-corrected chi connectivity index (χ1v) is 4.28. The molecule has 1 rings (SSSR count). The van der Waals surface area contributed by atoms with Gasteiger partial charge in [0.25, 0.3) is 5.91 Å². The molecular formula is C10H12FNO. The number of hydrogen-bond acceptors (Lipinski definition) is 1. The van der Waals surface area contributed by atoms with Crippen LogP contribution in [0.2, 0.25) is 0 Å². The third-order valence-corrected chi connectivity index (χ3v) is 1.64. The SMILES string of the molecule is CCCNC(=O)c1ccc(F)cc1. The number of nitrogens with one attached hydrogen (secondary N) is 1. The Balaban J connectivity index is 2.61. The van der Waals surface area contributed by atoms with E-state index in [1.165, 1.54) is 24.3 Å². The highest BCUT2D eigenvalue weighted by atomic mass is 19.1. The highest BCUT2D eigenvalue weighted by molar-refractivity contribution is 5.94. The van der Waals surface area contributed by atoms with Crippen molar-refractivity contribution in [2.75, 3.05) is 6.54 Å². The first-order chi connectivity index (χ1) is 6.24. The van der Waals surface area contributed by atoms with Crippen LogP contribution in [0.1, 0.15) is 23.7 Å². The smallest absolute Gasteiger partial charge is 0.251 e. The summed E-state index contributed by atoms with van der Waals surface area (Å²) in [6.07, 6.45) is 0.896. The van der Waals surface area contributed by atoms with Gasteiger partial charge in [-0.15, -0.1) is 0 Å². The topological polar surface area (TPSA) is 29.1 Å². The van der Waals surface area contributed by atoms with E-state index in [2.05, 4.69) is 5.32 Å². The van der Waals surface area contributed by atoms with Crippen LogP contribution in [0, 0.1) is 5.82 Å². The van der Waals surface area contributed by atoms with E-state index in [1.54, 1.807) is 0 Å². The fourth-order valence-electron chi connectivity index (χ4n) is 0.942. The molecule has 0 bridgehead atoms. The van der Waals surface area contributed by atoms with Gasteiger partial charge in [-0.2, -0.15) is 0 Å². The number of rotatable bonds is 3. The maximum Gasteiger partial charge on any atom is 0.251 e. The van der Waals surface area contributed by atoms with Gasteiger partial charge in [0.1, 0.15) is 5.82 Å². The van der Waals surface area contributed by atoms with Gasteiger partial charge in [0.05, 0.1) is 0 Å². The van der Waals surface area contributed by atoms with Gasteiger partial charge in [0.2, 0.25) is 0 Å². The van der Waals surface area contributed by atoms with Gasteiger partial charge in [0.15, 0.2) is 0 Å². The normalized spacial score (nSPS) is 9.69. The Morgan fingerprint density at radius 3 is 2.54 bits per heavy atom. The second-order valence-electron chi connectivity index (χ2n) is 2.76. The summed E-state index contributed by atoms with van der Waals surface area (Å²) in [4.78, 5) is 11.3. The van der Waals surface area contributed by atoms with Crippen LogP contribution in [-0.2, 0) is 0 Å². The number of halogens is 1.